The molecule has 2 nitrogen and oxygen atoms in total. The van der Waals surface area contributed by atoms with E-state index in [4.69, 9.17) is 5.84 Å². The smallest absolute Gasteiger partial charge is 0.0284 e. The monoisotopic (exact) mass is 284 g/mol. The summed E-state index contributed by atoms with van der Waals surface area (Å²) >= 11 is 0. The lowest BCUT2D eigenvalue weighted by atomic mass is 9.50. The van der Waals surface area contributed by atoms with Gasteiger partial charge in [-0.3, -0.25) is 11.3 Å². The number of benzene rings is 1. The zero-order valence-corrected chi connectivity index (χ0v) is 13.1. The summed E-state index contributed by atoms with van der Waals surface area (Å²) in [7, 11) is 0. The lowest BCUT2D eigenvalue weighted by molar-refractivity contribution is -0.0517. The molecule has 4 saturated carbocycles. The molecule has 3 N–H and O–H groups in total. The molecule has 4 aliphatic rings. The lowest BCUT2D eigenvalue weighted by Gasteiger charge is -2.56. The molecule has 114 valence electrons. The number of aryl methyl sites for hydroxylation is 1. The molecule has 0 spiro atoms. The Labute approximate surface area is 128 Å². The molecular weight excluding hydrogens is 256 g/mol. The van der Waals surface area contributed by atoms with Crippen LogP contribution in [0.4, 0.5) is 0 Å². The highest BCUT2D eigenvalue weighted by molar-refractivity contribution is 5.26. The number of nitrogens with one attached hydrogen (secondary N) is 1. The van der Waals surface area contributed by atoms with E-state index in [2.05, 4.69) is 36.6 Å². The molecule has 4 fully saturated rings. The van der Waals surface area contributed by atoms with Crippen LogP contribution in [0, 0.1) is 36.5 Å². The van der Waals surface area contributed by atoms with Gasteiger partial charge in [-0.25, -0.2) is 0 Å². The Morgan fingerprint density at radius 3 is 2.24 bits per heavy atom. The molecule has 5 rings (SSSR count). The van der Waals surface area contributed by atoms with Crippen molar-refractivity contribution >= 4 is 0 Å². The van der Waals surface area contributed by atoms with E-state index >= 15 is 0 Å². The van der Waals surface area contributed by atoms with E-state index in [1.54, 1.807) is 0 Å². The molecule has 0 saturated heterocycles. The Kier molecular flexibility index (Phi) is 3.55. The van der Waals surface area contributed by atoms with Crippen molar-refractivity contribution in [3.05, 3.63) is 35.4 Å². The van der Waals surface area contributed by atoms with Gasteiger partial charge in [-0.15, -0.1) is 0 Å². The second kappa shape index (κ2) is 5.40. The summed E-state index contributed by atoms with van der Waals surface area (Å²) in [6.07, 6.45) is 8.52. The van der Waals surface area contributed by atoms with Gasteiger partial charge in [-0.1, -0.05) is 24.3 Å². The van der Waals surface area contributed by atoms with Crippen molar-refractivity contribution in [2.75, 3.05) is 0 Å². The van der Waals surface area contributed by atoms with E-state index < -0.39 is 0 Å². The molecule has 21 heavy (non-hydrogen) atoms. The molecule has 1 aromatic carbocycles. The minimum atomic E-state index is 0.459. The van der Waals surface area contributed by atoms with Gasteiger partial charge >= 0.3 is 0 Å². The first-order chi connectivity index (χ1) is 10.2. The summed E-state index contributed by atoms with van der Waals surface area (Å²) in [6, 6.07) is 9.25. The molecule has 1 atom stereocenters. The Bertz CT molecular complexity index is 482. The maximum Gasteiger partial charge on any atom is 0.0284 e. The van der Waals surface area contributed by atoms with Crippen molar-refractivity contribution in [2.24, 2.45) is 35.4 Å². The molecule has 0 aliphatic heterocycles. The Morgan fingerprint density at radius 1 is 1.05 bits per heavy atom. The van der Waals surface area contributed by atoms with Crippen LogP contribution in [0.25, 0.3) is 0 Å². The van der Waals surface area contributed by atoms with Crippen LogP contribution in [-0.2, 0) is 6.42 Å². The summed E-state index contributed by atoms with van der Waals surface area (Å²) in [6.45, 7) is 2.22. The summed E-state index contributed by atoms with van der Waals surface area (Å²) in [5.74, 6) is 10.8. The van der Waals surface area contributed by atoms with E-state index in [0.717, 1.165) is 36.0 Å². The van der Waals surface area contributed by atoms with Crippen molar-refractivity contribution in [1.82, 2.24) is 5.43 Å². The SMILES string of the molecule is Cc1ccccc1CC(NN)C1C2CC3CC(C2)CC1C3. The minimum Gasteiger partial charge on any atom is -0.271 e. The molecule has 0 amide bonds. The number of hydrogen-bond acceptors (Lipinski definition) is 2. The van der Waals surface area contributed by atoms with Gasteiger partial charge in [0.25, 0.3) is 0 Å². The molecular formula is C19H28N2. The number of hydrazine groups is 1. The standard InChI is InChI=1S/C19H28N2/c1-12-4-2-3-5-15(12)11-18(21-20)19-16-7-13-6-14(9-16)10-17(19)8-13/h2-5,13-14,16-19,21H,6-11,20H2,1H3. The first-order valence-corrected chi connectivity index (χ1v) is 8.75. The Hall–Kier alpha value is -0.860. The average molecular weight is 284 g/mol. The third kappa shape index (κ3) is 2.43. The van der Waals surface area contributed by atoms with Crippen molar-refractivity contribution in [3.8, 4) is 0 Å². The van der Waals surface area contributed by atoms with E-state index in [1.807, 2.05) is 0 Å². The largest absolute Gasteiger partial charge is 0.271 e. The number of rotatable bonds is 4. The zero-order valence-electron chi connectivity index (χ0n) is 13.1. The second-order valence-electron chi connectivity index (χ2n) is 7.91. The fourth-order valence-electron chi connectivity index (χ4n) is 6.01. The molecule has 4 bridgehead atoms. The topological polar surface area (TPSA) is 38.0 Å². The van der Waals surface area contributed by atoms with Crippen LogP contribution >= 0.6 is 0 Å². The first kappa shape index (κ1) is 13.8. The van der Waals surface area contributed by atoms with Gasteiger partial charge in [-0.2, -0.15) is 0 Å². The second-order valence-corrected chi connectivity index (χ2v) is 7.91. The van der Waals surface area contributed by atoms with Gasteiger partial charge in [0.2, 0.25) is 0 Å². The molecule has 1 aromatic rings. The highest BCUT2D eigenvalue weighted by atomic mass is 15.2. The van der Waals surface area contributed by atoms with Crippen LogP contribution < -0.4 is 11.3 Å². The molecule has 0 radical (unpaired) electrons. The third-order valence-corrected chi connectivity index (χ3v) is 6.68. The van der Waals surface area contributed by atoms with Gasteiger partial charge < -0.3 is 0 Å². The van der Waals surface area contributed by atoms with Crippen LogP contribution in [0.2, 0.25) is 0 Å². The van der Waals surface area contributed by atoms with Gasteiger partial charge in [0.05, 0.1) is 0 Å². The van der Waals surface area contributed by atoms with E-state index in [9.17, 15) is 0 Å². The van der Waals surface area contributed by atoms with Crippen molar-refractivity contribution < 1.29 is 0 Å². The third-order valence-electron chi connectivity index (χ3n) is 6.68. The van der Waals surface area contributed by atoms with Crippen LogP contribution in [0.15, 0.2) is 24.3 Å². The minimum absolute atomic E-state index is 0.459. The van der Waals surface area contributed by atoms with Crippen molar-refractivity contribution in [2.45, 2.75) is 51.5 Å². The van der Waals surface area contributed by atoms with Crippen molar-refractivity contribution in [1.29, 1.82) is 0 Å². The number of nitrogens with two attached hydrogens (primary N) is 1. The summed E-state index contributed by atoms with van der Waals surface area (Å²) in [5.41, 5.74) is 6.08. The van der Waals surface area contributed by atoms with E-state index in [0.29, 0.717) is 6.04 Å². The Balaban J connectivity index is 1.55. The van der Waals surface area contributed by atoms with E-state index in [-0.39, 0.29) is 0 Å². The summed E-state index contributed by atoms with van der Waals surface area (Å²) < 4.78 is 0. The molecule has 0 heterocycles. The number of hydrogen-bond donors (Lipinski definition) is 2. The highest BCUT2D eigenvalue weighted by Gasteiger charge is 2.50. The van der Waals surface area contributed by atoms with E-state index in [1.165, 1.54) is 43.2 Å². The van der Waals surface area contributed by atoms with Crippen LogP contribution in [-0.4, -0.2) is 6.04 Å². The predicted octanol–water partition coefficient (Wildman–Crippen LogP) is 3.44. The first-order valence-electron chi connectivity index (χ1n) is 8.75. The molecule has 1 unspecified atom stereocenters. The fraction of sp³-hybridized carbons (Fsp3) is 0.684. The fourth-order valence-corrected chi connectivity index (χ4v) is 6.01. The summed E-state index contributed by atoms with van der Waals surface area (Å²) in [4.78, 5) is 0. The molecule has 2 heteroatoms. The maximum absolute atomic E-state index is 6.00. The average Bonchev–Trinajstić information content (AvgIpc) is 2.47. The zero-order chi connectivity index (χ0) is 14.4. The van der Waals surface area contributed by atoms with Crippen molar-refractivity contribution in [3.63, 3.8) is 0 Å². The van der Waals surface area contributed by atoms with Gasteiger partial charge in [0.15, 0.2) is 0 Å². The van der Waals surface area contributed by atoms with Crippen LogP contribution in [0.3, 0.4) is 0 Å². The van der Waals surface area contributed by atoms with Crippen LogP contribution in [0.1, 0.15) is 43.2 Å². The van der Waals surface area contributed by atoms with Crippen LogP contribution in [0.5, 0.6) is 0 Å². The lowest BCUT2D eigenvalue weighted by Crippen LogP contribution is -2.55. The van der Waals surface area contributed by atoms with Gasteiger partial charge in [0.1, 0.15) is 0 Å². The normalized spacial score (nSPS) is 38.7. The Morgan fingerprint density at radius 2 is 1.67 bits per heavy atom. The summed E-state index contributed by atoms with van der Waals surface area (Å²) in [5, 5.41) is 0. The van der Waals surface area contributed by atoms with Gasteiger partial charge in [0, 0.05) is 6.04 Å². The predicted molar refractivity (Wildman–Crippen MR) is 86.5 cm³/mol. The highest BCUT2D eigenvalue weighted by Crippen LogP contribution is 2.57. The molecule has 4 aliphatic carbocycles. The van der Waals surface area contributed by atoms with Gasteiger partial charge in [-0.05, 0) is 86.2 Å². The maximum atomic E-state index is 6.00. The molecule has 0 aromatic heterocycles. The quantitative estimate of drug-likeness (QED) is 0.656.